The van der Waals surface area contributed by atoms with E-state index in [0.717, 1.165) is 23.4 Å². The highest BCUT2D eigenvalue weighted by Crippen LogP contribution is 2.13. The molecular formula is C12H14BrN3. The Kier molecular flexibility index (Phi) is 3.39. The third-order valence-electron chi connectivity index (χ3n) is 2.78. The number of nitrogens with zero attached hydrogens (tertiary/aromatic N) is 3. The van der Waals surface area contributed by atoms with Crippen LogP contribution in [0.25, 0.3) is 0 Å². The fraction of sp³-hybridized carbons (Fsp3) is 0.333. The average Bonchev–Trinajstić information content (AvgIpc) is 2.63. The van der Waals surface area contributed by atoms with E-state index in [4.69, 9.17) is 0 Å². The van der Waals surface area contributed by atoms with Crippen molar-refractivity contribution in [3.63, 3.8) is 0 Å². The van der Waals surface area contributed by atoms with Crippen LogP contribution in [0.5, 0.6) is 0 Å². The first-order valence-electron chi connectivity index (χ1n) is 5.20. The maximum atomic E-state index is 4.21. The minimum Gasteiger partial charge on any atom is -0.317 e. The second kappa shape index (κ2) is 4.78. The lowest BCUT2D eigenvalue weighted by atomic mass is 10.1. The predicted molar refractivity (Wildman–Crippen MR) is 67.6 cm³/mol. The number of benzene rings is 1. The van der Waals surface area contributed by atoms with Gasteiger partial charge in [0.25, 0.3) is 0 Å². The second-order valence-electron chi connectivity index (χ2n) is 3.83. The molecule has 4 heteroatoms. The summed E-state index contributed by atoms with van der Waals surface area (Å²) < 4.78 is 2.04. The Morgan fingerprint density at radius 3 is 2.50 bits per heavy atom. The monoisotopic (exact) mass is 279 g/mol. The number of hydrogen-bond donors (Lipinski definition) is 0. The van der Waals surface area contributed by atoms with Crippen molar-refractivity contribution in [3.05, 3.63) is 47.0 Å². The first kappa shape index (κ1) is 11.3. The van der Waals surface area contributed by atoms with Gasteiger partial charge < -0.3 is 4.57 Å². The van der Waals surface area contributed by atoms with Gasteiger partial charge in [0.15, 0.2) is 0 Å². The first-order chi connectivity index (χ1) is 7.72. The lowest BCUT2D eigenvalue weighted by molar-refractivity contribution is 0.792. The van der Waals surface area contributed by atoms with Crippen molar-refractivity contribution in [2.45, 2.75) is 18.7 Å². The fourth-order valence-corrected chi connectivity index (χ4v) is 2.14. The van der Waals surface area contributed by atoms with Gasteiger partial charge in [0, 0.05) is 13.5 Å². The maximum absolute atomic E-state index is 4.21. The Labute approximate surface area is 104 Å². The summed E-state index contributed by atoms with van der Waals surface area (Å²) in [6.45, 7) is 2.12. The third-order valence-corrected chi connectivity index (χ3v) is 3.29. The van der Waals surface area contributed by atoms with Crippen molar-refractivity contribution in [1.82, 2.24) is 14.8 Å². The van der Waals surface area contributed by atoms with Gasteiger partial charge in [-0.05, 0) is 18.1 Å². The molecule has 1 heterocycles. The predicted octanol–water partition coefficient (Wildman–Crippen LogP) is 2.61. The summed E-state index contributed by atoms with van der Waals surface area (Å²) >= 11 is 3.40. The highest BCUT2D eigenvalue weighted by molar-refractivity contribution is 9.08. The van der Waals surface area contributed by atoms with Crippen molar-refractivity contribution in [2.24, 2.45) is 7.05 Å². The van der Waals surface area contributed by atoms with Crippen LogP contribution in [0, 0.1) is 6.92 Å². The van der Waals surface area contributed by atoms with Crippen molar-refractivity contribution < 1.29 is 0 Å². The molecule has 0 aliphatic carbocycles. The largest absolute Gasteiger partial charge is 0.317 e. The molecule has 84 valence electrons. The van der Waals surface area contributed by atoms with E-state index in [9.17, 15) is 0 Å². The van der Waals surface area contributed by atoms with Crippen LogP contribution in [0.15, 0.2) is 24.3 Å². The molecule has 0 fully saturated rings. The van der Waals surface area contributed by atoms with Crippen LogP contribution >= 0.6 is 15.9 Å². The summed E-state index contributed by atoms with van der Waals surface area (Å²) in [7, 11) is 2.00. The molecule has 0 atom stereocenters. The van der Waals surface area contributed by atoms with Crippen LogP contribution in [0.4, 0.5) is 0 Å². The summed E-state index contributed by atoms with van der Waals surface area (Å²) in [5.74, 6) is 1.97. The van der Waals surface area contributed by atoms with Gasteiger partial charge in [-0.3, -0.25) is 0 Å². The summed E-state index contributed by atoms with van der Waals surface area (Å²) in [6, 6.07) is 8.37. The van der Waals surface area contributed by atoms with Gasteiger partial charge in [0.05, 0.1) is 5.33 Å². The fourth-order valence-electron chi connectivity index (χ4n) is 1.65. The molecule has 2 rings (SSSR count). The van der Waals surface area contributed by atoms with Crippen molar-refractivity contribution in [3.8, 4) is 0 Å². The molecule has 0 radical (unpaired) electrons. The molecule has 0 saturated heterocycles. The molecule has 0 aliphatic rings. The molecule has 1 aromatic heterocycles. The quantitative estimate of drug-likeness (QED) is 0.809. The molecule has 0 amide bonds. The van der Waals surface area contributed by atoms with Gasteiger partial charge in [-0.2, -0.15) is 0 Å². The molecule has 0 N–H and O–H groups in total. The molecule has 0 spiro atoms. The number of rotatable bonds is 3. The topological polar surface area (TPSA) is 30.7 Å². The Morgan fingerprint density at radius 1 is 1.19 bits per heavy atom. The van der Waals surface area contributed by atoms with Gasteiger partial charge in [-0.25, -0.2) is 0 Å². The summed E-state index contributed by atoms with van der Waals surface area (Å²) in [6.07, 6.45) is 0.836. The summed E-state index contributed by atoms with van der Waals surface area (Å²) in [5.41, 5.74) is 2.60. The standard InChI is InChI=1S/C12H14BrN3/c1-9-5-3-4-6-10(9)7-11-14-15-12(8-13)16(11)2/h3-6H,7-8H2,1-2H3. The Hall–Kier alpha value is -1.16. The lowest BCUT2D eigenvalue weighted by Crippen LogP contribution is -2.02. The molecule has 0 bridgehead atoms. The minimum atomic E-state index is 0.740. The lowest BCUT2D eigenvalue weighted by Gasteiger charge is -2.05. The molecule has 0 unspecified atom stereocenters. The zero-order valence-corrected chi connectivity index (χ0v) is 11.0. The Bertz CT molecular complexity index is 491. The number of hydrogen-bond acceptors (Lipinski definition) is 2. The van der Waals surface area contributed by atoms with Crippen molar-refractivity contribution in [2.75, 3.05) is 0 Å². The van der Waals surface area contributed by atoms with E-state index in [1.54, 1.807) is 0 Å². The Morgan fingerprint density at radius 2 is 1.88 bits per heavy atom. The van der Waals surface area contributed by atoms with Crippen LogP contribution < -0.4 is 0 Å². The van der Waals surface area contributed by atoms with Crippen LogP contribution in [-0.2, 0) is 18.8 Å². The van der Waals surface area contributed by atoms with E-state index in [-0.39, 0.29) is 0 Å². The highest BCUT2D eigenvalue weighted by atomic mass is 79.9. The smallest absolute Gasteiger partial charge is 0.143 e. The number of aryl methyl sites for hydroxylation is 1. The summed E-state index contributed by atoms with van der Waals surface area (Å²) in [4.78, 5) is 0. The van der Waals surface area contributed by atoms with E-state index in [1.807, 2.05) is 11.6 Å². The van der Waals surface area contributed by atoms with Crippen LogP contribution in [-0.4, -0.2) is 14.8 Å². The van der Waals surface area contributed by atoms with Gasteiger partial charge in [0.1, 0.15) is 11.6 Å². The number of aromatic nitrogens is 3. The molecule has 1 aromatic carbocycles. The normalized spacial score (nSPS) is 10.7. The van der Waals surface area contributed by atoms with Crippen LogP contribution in [0.2, 0.25) is 0 Å². The average molecular weight is 280 g/mol. The van der Waals surface area contributed by atoms with E-state index in [2.05, 4.69) is 57.3 Å². The zero-order valence-electron chi connectivity index (χ0n) is 9.44. The van der Waals surface area contributed by atoms with Gasteiger partial charge >= 0.3 is 0 Å². The molecular weight excluding hydrogens is 266 g/mol. The van der Waals surface area contributed by atoms with E-state index >= 15 is 0 Å². The van der Waals surface area contributed by atoms with E-state index in [0.29, 0.717) is 0 Å². The van der Waals surface area contributed by atoms with Crippen LogP contribution in [0.1, 0.15) is 22.8 Å². The molecule has 16 heavy (non-hydrogen) atoms. The number of halogens is 1. The SMILES string of the molecule is Cc1ccccc1Cc1nnc(CBr)n1C. The van der Waals surface area contributed by atoms with Gasteiger partial charge in [-0.15, -0.1) is 10.2 Å². The third kappa shape index (κ3) is 2.16. The highest BCUT2D eigenvalue weighted by Gasteiger charge is 2.08. The Balaban J connectivity index is 2.27. The molecule has 2 aromatic rings. The molecule has 3 nitrogen and oxygen atoms in total. The molecule has 0 saturated carbocycles. The summed E-state index contributed by atoms with van der Waals surface area (Å²) in [5, 5.41) is 9.07. The molecule has 0 aliphatic heterocycles. The van der Waals surface area contributed by atoms with Gasteiger partial charge in [-0.1, -0.05) is 40.2 Å². The van der Waals surface area contributed by atoms with Crippen molar-refractivity contribution in [1.29, 1.82) is 0 Å². The van der Waals surface area contributed by atoms with Crippen LogP contribution in [0.3, 0.4) is 0 Å². The first-order valence-corrected chi connectivity index (χ1v) is 6.32. The zero-order chi connectivity index (χ0) is 11.5. The second-order valence-corrected chi connectivity index (χ2v) is 4.39. The maximum Gasteiger partial charge on any atom is 0.143 e. The minimum absolute atomic E-state index is 0.740. The van der Waals surface area contributed by atoms with E-state index < -0.39 is 0 Å². The van der Waals surface area contributed by atoms with Gasteiger partial charge in [0.2, 0.25) is 0 Å². The number of alkyl halides is 1. The van der Waals surface area contributed by atoms with Crippen molar-refractivity contribution >= 4 is 15.9 Å². The van der Waals surface area contributed by atoms with E-state index in [1.165, 1.54) is 11.1 Å².